The lowest BCUT2D eigenvalue weighted by molar-refractivity contribution is -0.149. The molecule has 1 amide bonds. The Hall–Kier alpha value is -2.04. The van der Waals surface area contributed by atoms with Gasteiger partial charge in [0.1, 0.15) is 12.2 Å². The van der Waals surface area contributed by atoms with Crippen molar-refractivity contribution in [3.05, 3.63) is 35.9 Å². The fraction of sp³-hybridized carbons (Fsp3) is 0.600. The Labute approximate surface area is 151 Å². The number of alkyl carbamates (subject to hydrolysis) is 1. The topological polar surface area (TPSA) is 64.6 Å². The molecule has 0 bridgehead atoms. The van der Waals surface area contributed by atoms with E-state index in [2.05, 4.69) is 5.32 Å². The van der Waals surface area contributed by atoms with Gasteiger partial charge < -0.3 is 14.8 Å². The molecule has 1 unspecified atom stereocenters. The number of amides is 1. The maximum atomic E-state index is 12.2. The van der Waals surface area contributed by atoms with Crippen molar-refractivity contribution >= 4 is 12.1 Å². The molecule has 5 nitrogen and oxygen atoms in total. The van der Waals surface area contributed by atoms with E-state index in [9.17, 15) is 9.59 Å². The molecule has 0 aliphatic heterocycles. The Morgan fingerprint density at radius 1 is 1.08 bits per heavy atom. The number of benzene rings is 1. The van der Waals surface area contributed by atoms with Gasteiger partial charge in [0.05, 0.1) is 5.92 Å². The molecule has 2 atom stereocenters. The Bertz CT molecular complexity index is 549. The van der Waals surface area contributed by atoms with Gasteiger partial charge in [-0.25, -0.2) is 4.79 Å². The fourth-order valence-electron chi connectivity index (χ4n) is 2.30. The third-order valence-corrected chi connectivity index (χ3v) is 3.74. The lowest BCUT2D eigenvalue weighted by Crippen LogP contribution is -2.43. The summed E-state index contributed by atoms with van der Waals surface area (Å²) >= 11 is 0. The number of ether oxygens (including phenoxy) is 2. The Balaban J connectivity index is 2.53. The molecule has 25 heavy (non-hydrogen) atoms. The van der Waals surface area contributed by atoms with Crippen LogP contribution in [0.3, 0.4) is 0 Å². The summed E-state index contributed by atoms with van der Waals surface area (Å²) in [6.45, 7) is 11.5. The van der Waals surface area contributed by atoms with Gasteiger partial charge in [0, 0.05) is 6.04 Å². The minimum absolute atomic E-state index is 0.158. The highest BCUT2D eigenvalue weighted by Gasteiger charge is 2.26. The minimum Gasteiger partial charge on any atom is -0.461 e. The molecule has 1 N–H and O–H groups in total. The number of hydrogen-bond donors (Lipinski definition) is 1. The van der Waals surface area contributed by atoms with Crippen LogP contribution in [0.4, 0.5) is 4.79 Å². The van der Waals surface area contributed by atoms with Gasteiger partial charge in [-0.1, -0.05) is 51.1 Å². The number of carbonyl (C=O) groups excluding carboxylic acids is 2. The minimum atomic E-state index is -0.550. The number of esters is 1. The number of carbonyl (C=O) groups is 2. The average molecular weight is 349 g/mol. The van der Waals surface area contributed by atoms with Gasteiger partial charge in [-0.05, 0) is 38.7 Å². The molecule has 1 aromatic carbocycles. The molecule has 1 aromatic rings. The van der Waals surface area contributed by atoms with Gasteiger partial charge in [0.15, 0.2) is 0 Å². The molecule has 0 radical (unpaired) electrons. The van der Waals surface area contributed by atoms with Crippen molar-refractivity contribution in [1.82, 2.24) is 5.32 Å². The van der Waals surface area contributed by atoms with E-state index in [0.717, 1.165) is 5.56 Å². The van der Waals surface area contributed by atoms with Crippen LogP contribution in [-0.2, 0) is 20.9 Å². The zero-order valence-corrected chi connectivity index (χ0v) is 16.2. The van der Waals surface area contributed by atoms with Crippen LogP contribution in [0.25, 0.3) is 0 Å². The molecule has 0 fully saturated rings. The summed E-state index contributed by atoms with van der Waals surface area (Å²) in [6.07, 6.45) is 0.0425. The van der Waals surface area contributed by atoms with Crippen molar-refractivity contribution < 1.29 is 19.1 Å². The van der Waals surface area contributed by atoms with Gasteiger partial charge in [-0.2, -0.15) is 0 Å². The van der Waals surface area contributed by atoms with Gasteiger partial charge in [-0.15, -0.1) is 0 Å². The Morgan fingerprint density at radius 2 is 1.68 bits per heavy atom. The first-order chi connectivity index (χ1) is 11.6. The van der Waals surface area contributed by atoms with Gasteiger partial charge >= 0.3 is 12.1 Å². The standard InChI is InChI=1S/C20H31NO4/c1-14(2)17(21-19(23)25-20(4,5)6)12-15(3)18(22)24-13-16-10-8-7-9-11-16/h7-11,14-15,17H,12-13H2,1-6H3,(H,21,23)/t15?,17-/m0/s1. The first-order valence-corrected chi connectivity index (χ1v) is 8.78. The zero-order chi connectivity index (χ0) is 19.0. The summed E-state index contributed by atoms with van der Waals surface area (Å²) in [5, 5.41) is 2.86. The molecule has 0 saturated carbocycles. The van der Waals surface area contributed by atoms with Crippen molar-refractivity contribution in [3.8, 4) is 0 Å². The molecule has 0 aliphatic rings. The van der Waals surface area contributed by atoms with Crippen LogP contribution < -0.4 is 5.32 Å². The van der Waals surface area contributed by atoms with E-state index in [1.807, 2.05) is 71.9 Å². The van der Waals surface area contributed by atoms with Crippen LogP contribution in [0.15, 0.2) is 30.3 Å². The Morgan fingerprint density at radius 3 is 2.20 bits per heavy atom. The second kappa shape index (κ2) is 9.44. The molecule has 1 rings (SSSR count). The molecule has 0 aliphatic carbocycles. The lowest BCUT2D eigenvalue weighted by Gasteiger charge is -2.27. The summed E-state index contributed by atoms with van der Waals surface area (Å²) in [4.78, 5) is 24.2. The highest BCUT2D eigenvalue weighted by Crippen LogP contribution is 2.17. The molecule has 0 saturated heterocycles. The summed E-state index contributed by atoms with van der Waals surface area (Å²) in [6, 6.07) is 9.41. The monoisotopic (exact) mass is 349 g/mol. The quantitative estimate of drug-likeness (QED) is 0.745. The molecule has 5 heteroatoms. The van der Waals surface area contributed by atoms with Gasteiger partial charge in [0.25, 0.3) is 0 Å². The maximum Gasteiger partial charge on any atom is 0.407 e. The van der Waals surface area contributed by atoms with Crippen molar-refractivity contribution in [3.63, 3.8) is 0 Å². The van der Waals surface area contributed by atoms with E-state index in [4.69, 9.17) is 9.47 Å². The van der Waals surface area contributed by atoms with Crippen molar-refractivity contribution in [1.29, 1.82) is 0 Å². The van der Waals surface area contributed by atoms with Crippen LogP contribution in [0, 0.1) is 11.8 Å². The average Bonchev–Trinajstić information content (AvgIpc) is 2.50. The Kier molecular flexibility index (Phi) is 7.94. The summed E-state index contributed by atoms with van der Waals surface area (Å²) in [7, 11) is 0. The first-order valence-electron chi connectivity index (χ1n) is 8.78. The van der Waals surface area contributed by atoms with E-state index in [0.29, 0.717) is 6.42 Å². The molecule has 140 valence electrons. The van der Waals surface area contributed by atoms with E-state index in [1.165, 1.54) is 0 Å². The van der Waals surface area contributed by atoms with Crippen LogP contribution in [0.2, 0.25) is 0 Å². The lowest BCUT2D eigenvalue weighted by atomic mass is 9.93. The third-order valence-electron chi connectivity index (χ3n) is 3.74. The van der Waals surface area contributed by atoms with Crippen LogP contribution in [0.5, 0.6) is 0 Å². The van der Waals surface area contributed by atoms with Crippen molar-refractivity contribution in [2.24, 2.45) is 11.8 Å². The molecule has 0 spiro atoms. The molecule has 0 aromatic heterocycles. The van der Waals surface area contributed by atoms with E-state index in [1.54, 1.807) is 0 Å². The molecular formula is C20H31NO4. The SMILES string of the molecule is CC(C[C@H](NC(=O)OC(C)(C)C)C(C)C)C(=O)OCc1ccccc1. The van der Waals surface area contributed by atoms with E-state index >= 15 is 0 Å². The van der Waals surface area contributed by atoms with Crippen LogP contribution in [-0.4, -0.2) is 23.7 Å². The summed E-state index contributed by atoms with van der Waals surface area (Å²) < 4.78 is 10.7. The van der Waals surface area contributed by atoms with E-state index < -0.39 is 11.7 Å². The van der Waals surface area contributed by atoms with Crippen molar-refractivity contribution in [2.75, 3.05) is 0 Å². The molecule has 0 heterocycles. The van der Waals surface area contributed by atoms with Gasteiger partial charge in [0.2, 0.25) is 0 Å². The predicted molar refractivity (Wildman–Crippen MR) is 98.0 cm³/mol. The number of hydrogen-bond acceptors (Lipinski definition) is 4. The predicted octanol–water partition coefficient (Wildman–Crippen LogP) is 4.31. The van der Waals surface area contributed by atoms with Gasteiger partial charge in [-0.3, -0.25) is 4.79 Å². The smallest absolute Gasteiger partial charge is 0.407 e. The number of rotatable bonds is 7. The maximum absolute atomic E-state index is 12.2. The zero-order valence-electron chi connectivity index (χ0n) is 16.2. The van der Waals surface area contributed by atoms with Crippen LogP contribution in [0.1, 0.15) is 53.5 Å². The van der Waals surface area contributed by atoms with E-state index in [-0.39, 0.29) is 30.5 Å². The second-order valence-corrected chi connectivity index (χ2v) is 7.73. The van der Waals surface area contributed by atoms with Crippen LogP contribution >= 0.6 is 0 Å². The number of nitrogens with one attached hydrogen (secondary N) is 1. The summed E-state index contributed by atoms with van der Waals surface area (Å²) in [5.41, 5.74) is 0.404. The normalized spacial score (nSPS) is 13.9. The fourth-order valence-corrected chi connectivity index (χ4v) is 2.30. The molecular weight excluding hydrogens is 318 g/mol. The second-order valence-electron chi connectivity index (χ2n) is 7.73. The first kappa shape index (κ1) is 21.0. The van der Waals surface area contributed by atoms with Crippen molar-refractivity contribution in [2.45, 2.75) is 66.2 Å². The highest BCUT2D eigenvalue weighted by atomic mass is 16.6. The largest absolute Gasteiger partial charge is 0.461 e. The summed E-state index contributed by atoms with van der Waals surface area (Å²) in [5.74, 6) is -0.400. The third kappa shape index (κ3) is 8.57. The highest BCUT2D eigenvalue weighted by molar-refractivity contribution is 5.72.